The van der Waals surface area contributed by atoms with E-state index in [0.717, 1.165) is 0 Å². The van der Waals surface area contributed by atoms with Crippen molar-refractivity contribution in [3.63, 3.8) is 0 Å². The summed E-state index contributed by atoms with van der Waals surface area (Å²) in [5, 5.41) is 9.51. The number of fused-ring (bicyclic) bond motifs is 1. The van der Waals surface area contributed by atoms with Crippen LogP contribution in [-0.4, -0.2) is 10.1 Å². The second-order valence-electron chi connectivity index (χ2n) is 2.90. The number of pyridine rings is 1. The van der Waals surface area contributed by atoms with E-state index < -0.39 is 6.43 Å². The molecule has 4 heteroatoms. The van der Waals surface area contributed by atoms with Crippen LogP contribution in [0.3, 0.4) is 0 Å². The molecule has 0 unspecified atom stereocenters. The van der Waals surface area contributed by atoms with Crippen molar-refractivity contribution in [2.75, 3.05) is 0 Å². The van der Waals surface area contributed by atoms with Crippen LogP contribution in [-0.2, 0) is 0 Å². The van der Waals surface area contributed by atoms with Gasteiger partial charge in [0.25, 0.3) is 6.43 Å². The molecule has 1 aromatic heterocycles. The van der Waals surface area contributed by atoms with Crippen molar-refractivity contribution in [2.24, 2.45) is 0 Å². The summed E-state index contributed by atoms with van der Waals surface area (Å²) in [6.07, 6.45) is -1.21. The topological polar surface area (TPSA) is 33.1 Å². The highest BCUT2D eigenvalue weighted by Crippen LogP contribution is 2.27. The molecular weight excluding hydrogens is 188 g/mol. The lowest BCUT2D eigenvalue weighted by Crippen LogP contribution is -1.88. The van der Waals surface area contributed by atoms with Crippen LogP contribution >= 0.6 is 0 Å². The molecule has 1 aromatic carbocycles. The van der Waals surface area contributed by atoms with Crippen LogP contribution in [0.1, 0.15) is 12.0 Å². The summed E-state index contributed by atoms with van der Waals surface area (Å²) >= 11 is 0. The molecule has 2 nitrogen and oxygen atoms in total. The van der Waals surface area contributed by atoms with Gasteiger partial charge in [0.15, 0.2) is 0 Å². The molecule has 0 aliphatic rings. The van der Waals surface area contributed by atoms with Gasteiger partial charge in [-0.2, -0.15) is 0 Å². The van der Waals surface area contributed by atoms with Gasteiger partial charge < -0.3 is 5.11 Å². The highest BCUT2D eigenvalue weighted by Gasteiger charge is 2.11. The first-order valence-corrected chi connectivity index (χ1v) is 4.04. The van der Waals surface area contributed by atoms with Crippen LogP contribution in [0.4, 0.5) is 8.78 Å². The molecule has 0 saturated carbocycles. The Bertz CT molecular complexity index is 471. The number of hydrogen-bond acceptors (Lipinski definition) is 2. The maximum absolute atomic E-state index is 12.5. The lowest BCUT2D eigenvalue weighted by atomic mass is 10.1. The molecule has 0 fully saturated rings. The molecule has 2 aromatic rings. The molecule has 0 atom stereocenters. The van der Waals surface area contributed by atoms with Gasteiger partial charge in [0.05, 0.1) is 5.52 Å². The molecule has 1 heterocycles. The largest absolute Gasteiger partial charge is 0.508 e. The lowest BCUT2D eigenvalue weighted by Gasteiger charge is -2.04. The van der Waals surface area contributed by atoms with Crippen molar-refractivity contribution in [2.45, 2.75) is 6.43 Å². The zero-order chi connectivity index (χ0) is 10.1. The van der Waals surface area contributed by atoms with Crippen LogP contribution in [0.25, 0.3) is 10.9 Å². The Morgan fingerprint density at radius 1 is 1.21 bits per heavy atom. The molecule has 0 spiro atoms. The fourth-order valence-corrected chi connectivity index (χ4v) is 1.35. The number of alkyl halides is 2. The van der Waals surface area contributed by atoms with E-state index in [-0.39, 0.29) is 11.3 Å². The number of benzene rings is 1. The molecular formula is C10H7F2NO. The van der Waals surface area contributed by atoms with Crippen molar-refractivity contribution in [3.8, 4) is 5.75 Å². The fourth-order valence-electron chi connectivity index (χ4n) is 1.35. The normalized spacial score (nSPS) is 11.1. The summed E-state index contributed by atoms with van der Waals surface area (Å²) in [4.78, 5) is 3.89. The minimum atomic E-state index is -2.52. The lowest BCUT2D eigenvalue weighted by molar-refractivity contribution is 0.153. The van der Waals surface area contributed by atoms with Gasteiger partial charge in [-0.05, 0) is 18.2 Å². The van der Waals surface area contributed by atoms with Crippen LogP contribution < -0.4 is 0 Å². The van der Waals surface area contributed by atoms with Crippen molar-refractivity contribution in [1.29, 1.82) is 0 Å². The van der Waals surface area contributed by atoms with E-state index >= 15 is 0 Å². The van der Waals surface area contributed by atoms with E-state index in [9.17, 15) is 8.78 Å². The Kier molecular flexibility index (Phi) is 2.04. The van der Waals surface area contributed by atoms with Crippen molar-refractivity contribution in [3.05, 3.63) is 36.0 Å². The molecule has 0 aliphatic heterocycles. The maximum atomic E-state index is 12.5. The molecule has 0 saturated heterocycles. The molecule has 0 bridgehead atoms. The zero-order valence-electron chi connectivity index (χ0n) is 7.11. The fraction of sp³-hybridized carbons (Fsp3) is 0.100. The third-order valence-electron chi connectivity index (χ3n) is 2.00. The number of halogens is 2. The Labute approximate surface area is 78.8 Å². The Hall–Kier alpha value is -1.71. The second-order valence-corrected chi connectivity index (χ2v) is 2.90. The minimum Gasteiger partial charge on any atom is -0.508 e. The molecule has 2 rings (SSSR count). The van der Waals surface area contributed by atoms with Crippen LogP contribution in [0, 0.1) is 0 Å². The van der Waals surface area contributed by atoms with Gasteiger partial charge in [0, 0.05) is 23.2 Å². The number of phenols is 1. The van der Waals surface area contributed by atoms with Crippen molar-refractivity contribution >= 4 is 10.9 Å². The molecule has 0 amide bonds. The molecule has 72 valence electrons. The highest BCUT2D eigenvalue weighted by atomic mass is 19.3. The van der Waals surface area contributed by atoms with Gasteiger partial charge >= 0.3 is 0 Å². The average Bonchev–Trinajstić information content (AvgIpc) is 2.16. The smallest absolute Gasteiger partial charge is 0.264 e. The van der Waals surface area contributed by atoms with Crippen molar-refractivity contribution in [1.82, 2.24) is 4.98 Å². The first-order valence-electron chi connectivity index (χ1n) is 4.04. The molecule has 0 aliphatic carbocycles. The van der Waals surface area contributed by atoms with E-state index in [0.29, 0.717) is 10.9 Å². The minimum absolute atomic E-state index is 0.0245. The van der Waals surface area contributed by atoms with E-state index in [1.54, 1.807) is 0 Å². The zero-order valence-corrected chi connectivity index (χ0v) is 7.11. The number of rotatable bonds is 1. The third-order valence-corrected chi connectivity index (χ3v) is 2.00. The number of phenolic OH excluding ortho intramolecular Hbond substituents is 1. The summed E-state index contributed by atoms with van der Waals surface area (Å²) in [6.45, 7) is 0. The number of aromatic nitrogens is 1. The SMILES string of the molecule is Oc1ccc2c(C(F)F)ccnc2c1. The predicted molar refractivity (Wildman–Crippen MR) is 48.4 cm³/mol. The molecule has 0 radical (unpaired) electrons. The van der Waals surface area contributed by atoms with Gasteiger partial charge in [-0.25, -0.2) is 8.78 Å². The standard InChI is InChI=1S/C10H7F2NO/c11-10(12)8-3-4-13-9-5-6(14)1-2-7(8)9/h1-5,10,14H. The van der Waals surface area contributed by atoms with Gasteiger partial charge in [-0.1, -0.05) is 0 Å². The monoisotopic (exact) mass is 195 g/mol. The Morgan fingerprint density at radius 2 is 2.00 bits per heavy atom. The highest BCUT2D eigenvalue weighted by molar-refractivity contribution is 5.83. The van der Waals surface area contributed by atoms with Crippen LogP contribution in [0.5, 0.6) is 5.75 Å². The molecule has 1 N–H and O–H groups in total. The second kappa shape index (κ2) is 3.21. The summed E-state index contributed by atoms with van der Waals surface area (Å²) in [7, 11) is 0. The maximum Gasteiger partial charge on any atom is 0.264 e. The van der Waals surface area contributed by atoms with Gasteiger partial charge in [-0.15, -0.1) is 0 Å². The van der Waals surface area contributed by atoms with Crippen LogP contribution in [0.2, 0.25) is 0 Å². The summed E-state index contributed by atoms with van der Waals surface area (Å²) < 4.78 is 25.0. The first-order chi connectivity index (χ1) is 6.68. The van der Waals surface area contributed by atoms with E-state index in [4.69, 9.17) is 5.11 Å². The van der Waals surface area contributed by atoms with Gasteiger partial charge in [0.2, 0.25) is 0 Å². The third kappa shape index (κ3) is 1.39. The number of nitrogens with zero attached hydrogens (tertiary/aromatic N) is 1. The predicted octanol–water partition coefficient (Wildman–Crippen LogP) is 2.88. The summed E-state index contributed by atoms with van der Waals surface area (Å²) in [6, 6.07) is 5.46. The van der Waals surface area contributed by atoms with E-state index in [1.807, 2.05) is 0 Å². The average molecular weight is 195 g/mol. The number of hydrogen-bond donors (Lipinski definition) is 1. The summed E-state index contributed by atoms with van der Waals surface area (Å²) in [5.74, 6) is 0.0245. The van der Waals surface area contributed by atoms with E-state index in [2.05, 4.69) is 4.98 Å². The molecule has 14 heavy (non-hydrogen) atoms. The van der Waals surface area contributed by atoms with Gasteiger partial charge in [0.1, 0.15) is 5.75 Å². The van der Waals surface area contributed by atoms with Crippen LogP contribution in [0.15, 0.2) is 30.5 Å². The quantitative estimate of drug-likeness (QED) is 0.758. The Morgan fingerprint density at radius 3 is 2.71 bits per heavy atom. The first kappa shape index (κ1) is 8.87. The van der Waals surface area contributed by atoms with Crippen molar-refractivity contribution < 1.29 is 13.9 Å². The van der Waals surface area contributed by atoms with E-state index in [1.165, 1.54) is 30.5 Å². The summed E-state index contributed by atoms with van der Waals surface area (Å²) in [5.41, 5.74) is 0.317. The Balaban J connectivity index is 2.75. The number of aromatic hydroxyl groups is 1. The van der Waals surface area contributed by atoms with Gasteiger partial charge in [-0.3, -0.25) is 4.98 Å².